The molecule has 0 saturated heterocycles. The van der Waals surface area contributed by atoms with Gasteiger partial charge in [0, 0.05) is 0 Å². The van der Waals surface area contributed by atoms with Crippen LogP contribution in [-0.4, -0.2) is 16.3 Å². The van der Waals surface area contributed by atoms with Crippen molar-refractivity contribution >= 4 is 6.08 Å². The van der Waals surface area contributed by atoms with E-state index < -0.39 is 28.8 Å². The first kappa shape index (κ1) is 13.4. The number of hydrogen-bond acceptors (Lipinski definition) is 4. The lowest BCUT2D eigenvalue weighted by Gasteiger charge is -2.38. The van der Waals surface area contributed by atoms with Crippen LogP contribution in [0.25, 0.3) is 0 Å². The predicted octanol–water partition coefficient (Wildman–Crippen LogP) is 2.83. The molecule has 0 atom stereocenters. The van der Waals surface area contributed by atoms with Gasteiger partial charge in [0.1, 0.15) is 0 Å². The first-order valence-electron chi connectivity index (χ1n) is 5.53. The van der Waals surface area contributed by atoms with Crippen molar-refractivity contribution in [2.45, 2.75) is 31.0 Å². The summed E-state index contributed by atoms with van der Waals surface area (Å²) in [7, 11) is 0. The van der Waals surface area contributed by atoms with Gasteiger partial charge >= 0.3 is 6.18 Å². The van der Waals surface area contributed by atoms with Crippen LogP contribution in [0.3, 0.4) is 0 Å². The molecule has 4 nitrogen and oxygen atoms in total. The number of alkyl halides is 3. The van der Waals surface area contributed by atoms with E-state index in [0.29, 0.717) is 12.5 Å². The Morgan fingerprint density at radius 3 is 2.21 bits per heavy atom. The van der Waals surface area contributed by atoms with Crippen LogP contribution in [0.4, 0.5) is 13.2 Å². The molecule has 2 rings (SSSR count). The molecule has 1 aliphatic rings. The minimum Gasteiger partial charge on any atom is -0.504 e. The van der Waals surface area contributed by atoms with E-state index in [2.05, 4.69) is 4.99 Å². The molecular weight excluding hydrogens is 263 g/mol. The Morgan fingerprint density at radius 2 is 1.79 bits per heavy atom. The summed E-state index contributed by atoms with van der Waals surface area (Å²) in [6, 6.07) is 1.27. The summed E-state index contributed by atoms with van der Waals surface area (Å²) in [5, 5.41) is 18.6. The van der Waals surface area contributed by atoms with Crippen LogP contribution < -0.4 is 0 Å². The number of rotatable bonds is 2. The van der Waals surface area contributed by atoms with Crippen molar-refractivity contribution in [3.63, 3.8) is 0 Å². The lowest BCUT2D eigenvalue weighted by atomic mass is 9.70. The quantitative estimate of drug-likeness (QED) is 0.494. The predicted molar refractivity (Wildman–Crippen MR) is 58.4 cm³/mol. The molecule has 102 valence electrons. The molecule has 1 fully saturated rings. The number of aliphatic imine (C=N–C) groups is 1. The van der Waals surface area contributed by atoms with Gasteiger partial charge in [-0.3, -0.25) is 0 Å². The van der Waals surface area contributed by atoms with Gasteiger partial charge < -0.3 is 10.2 Å². The Bertz CT molecular complexity index is 558. The smallest absolute Gasteiger partial charge is 0.416 e. The molecular formula is C12H10F3NO3. The van der Waals surface area contributed by atoms with Gasteiger partial charge in [-0.05, 0) is 37.0 Å². The molecule has 1 aliphatic carbocycles. The average molecular weight is 273 g/mol. The van der Waals surface area contributed by atoms with Crippen LogP contribution in [-0.2, 0) is 16.5 Å². The number of phenolic OH excluding ortho intramolecular Hbond substituents is 2. The van der Waals surface area contributed by atoms with Crippen LogP contribution in [0.1, 0.15) is 30.4 Å². The SMILES string of the molecule is O=C=NC1(c2cc(O)c(O)cc2C(F)(F)F)CCC1. The van der Waals surface area contributed by atoms with Crippen LogP contribution in [0.15, 0.2) is 17.1 Å². The molecule has 2 N–H and O–H groups in total. The molecule has 0 aromatic heterocycles. The summed E-state index contributed by atoms with van der Waals surface area (Å²) >= 11 is 0. The van der Waals surface area contributed by atoms with Crippen LogP contribution in [0.5, 0.6) is 11.5 Å². The first-order chi connectivity index (χ1) is 8.80. The third-order valence-electron chi connectivity index (χ3n) is 3.36. The molecule has 0 bridgehead atoms. The molecule has 0 aliphatic heterocycles. The van der Waals surface area contributed by atoms with Crippen molar-refractivity contribution in [3.05, 3.63) is 23.3 Å². The van der Waals surface area contributed by atoms with E-state index in [1.54, 1.807) is 0 Å². The summed E-state index contributed by atoms with van der Waals surface area (Å²) in [6.45, 7) is 0. The number of isocyanates is 1. The highest BCUT2D eigenvalue weighted by Gasteiger charge is 2.46. The molecule has 0 heterocycles. The van der Waals surface area contributed by atoms with E-state index in [-0.39, 0.29) is 18.4 Å². The normalized spacial score (nSPS) is 17.4. The van der Waals surface area contributed by atoms with Crippen molar-refractivity contribution in [1.82, 2.24) is 0 Å². The Kier molecular flexibility index (Phi) is 3.02. The number of nitrogens with zero attached hydrogens (tertiary/aromatic N) is 1. The van der Waals surface area contributed by atoms with Crippen molar-refractivity contribution in [3.8, 4) is 11.5 Å². The molecule has 0 amide bonds. The summed E-state index contributed by atoms with van der Waals surface area (Å²) in [5.41, 5.74) is -2.69. The van der Waals surface area contributed by atoms with Gasteiger partial charge in [-0.25, -0.2) is 4.79 Å². The average Bonchev–Trinajstić information content (AvgIpc) is 2.25. The Hall–Kier alpha value is -2.01. The number of aromatic hydroxyl groups is 2. The highest BCUT2D eigenvalue weighted by molar-refractivity contribution is 5.51. The Morgan fingerprint density at radius 1 is 1.21 bits per heavy atom. The Labute approximate surface area is 106 Å². The number of hydrogen-bond donors (Lipinski definition) is 2. The molecule has 19 heavy (non-hydrogen) atoms. The fourth-order valence-corrected chi connectivity index (χ4v) is 2.24. The second kappa shape index (κ2) is 4.28. The number of benzene rings is 1. The van der Waals surface area contributed by atoms with E-state index in [1.807, 2.05) is 0 Å². The maximum atomic E-state index is 13.0. The standard InChI is InChI=1S/C12H10F3NO3/c13-12(14,15)8-5-10(19)9(18)4-7(8)11(16-6-17)2-1-3-11/h4-5,18-19H,1-3H2. The molecule has 1 saturated carbocycles. The number of halogens is 3. The molecule has 1 aromatic rings. The van der Waals surface area contributed by atoms with Gasteiger partial charge in [-0.1, -0.05) is 0 Å². The third kappa shape index (κ3) is 2.17. The fourth-order valence-electron chi connectivity index (χ4n) is 2.24. The van der Waals surface area contributed by atoms with E-state index >= 15 is 0 Å². The highest BCUT2D eigenvalue weighted by Crippen LogP contribution is 2.51. The Balaban J connectivity index is 2.68. The topological polar surface area (TPSA) is 69.9 Å². The first-order valence-corrected chi connectivity index (χ1v) is 5.53. The largest absolute Gasteiger partial charge is 0.504 e. The zero-order valence-electron chi connectivity index (χ0n) is 9.66. The maximum absolute atomic E-state index is 13.0. The number of phenols is 2. The van der Waals surface area contributed by atoms with Gasteiger partial charge in [0.05, 0.1) is 11.1 Å². The lowest BCUT2D eigenvalue weighted by molar-refractivity contribution is -0.139. The van der Waals surface area contributed by atoms with E-state index in [0.717, 1.165) is 6.07 Å². The summed E-state index contributed by atoms with van der Waals surface area (Å²) in [5.74, 6) is -1.53. The zero-order chi connectivity index (χ0) is 14.3. The van der Waals surface area contributed by atoms with Crippen molar-refractivity contribution in [1.29, 1.82) is 0 Å². The van der Waals surface area contributed by atoms with Crippen LogP contribution >= 0.6 is 0 Å². The summed E-state index contributed by atoms with van der Waals surface area (Å²) in [4.78, 5) is 13.9. The summed E-state index contributed by atoms with van der Waals surface area (Å²) < 4.78 is 38.9. The highest BCUT2D eigenvalue weighted by atomic mass is 19.4. The van der Waals surface area contributed by atoms with Crippen molar-refractivity contribution in [2.24, 2.45) is 4.99 Å². The van der Waals surface area contributed by atoms with E-state index in [4.69, 9.17) is 0 Å². The fraction of sp³-hybridized carbons (Fsp3) is 0.417. The minimum absolute atomic E-state index is 0.273. The lowest BCUT2D eigenvalue weighted by Crippen LogP contribution is -2.34. The maximum Gasteiger partial charge on any atom is 0.416 e. The number of carbonyl (C=O) groups excluding carboxylic acids is 1. The third-order valence-corrected chi connectivity index (χ3v) is 3.36. The van der Waals surface area contributed by atoms with Crippen LogP contribution in [0.2, 0.25) is 0 Å². The summed E-state index contributed by atoms with van der Waals surface area (Å²) in [6.07, 6.45) is -2.25. The molecule has 0 unspecified atom stereocenters. The molecule has 7 heteroatoms. The van der Waals surface area contributed by atoms with Gasteiger partial charge in [-0.2, -0.15) is 18.2 Å². The van der Waals surface area contributed by atoms with Gasteiger partial charge in [0.25, 0.3) is 0 Å². The van der Waals surface area contributed by atoms with Crippen molar-refractivity contribution in [2.75, 3.05) is 0 Å². The molecule has 0 spiro atoms. The molecule has 1 aromatic carbocycles. The minimum atomic E-state index is -4.71. The van der Waals surface area contributed by atoms with Gasteiger partial charge in [0.15, 0.2) is 11.5 Å². The second-order valence-corrected chi connectivity index (χ2v) is 4.47. The van der Waals surface area contributed by atoms with Gasteiger partial charge in [-0.15, -0.1) is 0 Å². The molecule has 0 radical (unpaired) electrons. The van der Waals surface area contributed by atoms with Crippen LogP contribution in [0, 0.1) is 0 Å². The zero-order valence-corrected chi connectivity index (χ0v) is 9.66. The van der Waals surface area contributed by atoms with E-state index in [1.165, 1.54) is 6.08 Å². The second-order valence-electron chi connectivity index (χ2n) is 4.47. The monoisotopic (exact) mass is 273 g/mol. The van der Waals surface area contributed by atoms with E-state index in [9.17, 15) is 28.2 Å². The van der Waals surface area contributed by atoms with Gasteiger partial charge in [0.2, 0.25) is 6.08 Å². The van der Waals surface area contributed by atoms with Crippen molar-refractivity contribution < 1.29 is 28.2 Å².